The van der Waals surface area contributed by atoms with Gasteiger partial charge < -0.3 is 0 Å². The second kappa shape index (κ2) is 4.63. The van der Waals surface area contributed by atoms with Crippen LogP contribution in [0, 0.1) is 0 Å². The van der Waals surface area contributed by atoms with Crippen LogP contribution in [0.2, 0.25) is 5.02 Å². The molecule has 2 aromatic heterocycles. The van der Waals surface area contributed by atoms with Crippen LogP contribution in [-0.2, 0) is 0 Å². The minimum atomic E-state index is 0.755. The highest BCUT2D eigenvalue weighted by molar-refractivity contribution is 7.98. The van der Waals surface area contributed by atoms with Crippen molar-refractivity contribution >= 4 is 29.0 Å². The van der Waals surface area contributed by atoms with Gasteiger partial charge in [0.25, 0.3) is 0 Å². The molecule has 5 heteroatoms. The Morgan fingerprint density at radius 1 is 1.22 bits per heavy atom. The van der Waals surface area contributed by atoms with Crippen LogP contribution in [0.4, 0.5) is 0 Å². The Balaban J connectivity index is 2.26. The molecule has 0 atom stereocenters. The van der Waals surface area contributed by atoms with Crippen molar-refractivity contribution in [1.82, 2.24) is 14.6 Å². The summed E-state index contributed by atoms with van der Waals surface area (Å²) in [5, 5.41) is 5.04. The van der Waals surface area contributed by atoms with Gasteiger partial charge in [-0.2, -0.15) is 5.10 Å². The topological polar surface area (TPSA) is 30.2 Å². The maximum absolute atomic E-state index is 6.42. The predicted octanol–water partition coefficient (Wildman–Crippen LogP) is 3.77. The van der Waals surface area contributed by atoms with Gasteiger partial charge in [-0.1, -0.05) is 23.7 Å². The summed E-state index contributed by atoms with van der Waals surface area (Å²) in [6.07, 6.45) is 7.44. The van der Waals surface area contributed by atoms with E-state index >= 15 is 0 Å². The zero-order valence-electron chi connectivity index (χ0n) is 9.67. The summed E-state index contributed by atoms with van der Waals surface area (Å²) in [5.74, 6) is 0. The molecule has 90 valence electrons. The third-order valence-electron chi connectivity index (χ3n) is 2.75. The van der Waals surface area contributed by atoms with Gasteiger partial charge in [-0.25, -0.2) is 9.50 Å². The fraction of sp³-hybridized carbons (Fsp3) is 0.0769. The van der Waals surface area contributed by atoms with E-state index in [2.05, 4.69) is 10.1 Å². The molecule has 0 bridgehead atoms. The quantitative estimate of drug-likeness (QED) is 0.667. The zero-order chi connectivity index (χ0) is 12.5. The van der Waals surface area contributed by atoms with Gasteiger partial charge in [0.05, 0.1) is 11.2 Å². The van der Waals surface area contributed by atoms with E-state index in [1.165, 1.54) is 0 Å². The minimum absolute atomic E-state index is 0.755. The van der Waals surface area contributed by atoms with Gasteiger partial charge in [-0.05, 0) is 18.4 Å². The van der Waals surface area contributed by atoms with E-state index < -0.39 is 0 Å². The first-order valence-corrected chi connectivity index (χ1v) is 7.03. The van der Waals surface area contributed by atoms with Crippen molar-refractivity contribution in [2.24, 2.45) is 0 Å². The van der Waals surface area contributed by atoms with Crippen LogP contribution in [-0.4, -0.2) is 20.9 Å². The average Bonchev–Trinajstić information content (AvgIpc) is 2.83. The number of hydrogen-bond donors (Lipinski definition) is 0. The van der Waals surface area contributed by atoms with Crippen LogP contribution in [0.3, 0.4) is 0 Å². The van der Waals surface area contributed by atoms with Gasteiger partial charge in [0.15, 0.2) is 5.65 Å². The second-order valence-electron chi connectivity index (χ2n) is 3.77. The number of halogens is 1. The number of hydrogen-bond acceptors (Lipinski definition) is 3. The molecular weight excluding hydrogens is 266 g/mol. The molecule has 0 spiro atoms. The highest BCUT2D eigenvalue weighted by Crippen LogP contribution is 2.36. The fourth-order valence-electron chi connectivity index (χ4n) is 1.89. The van der Waals surface area contributed by atoms with E-state index in [4.69, 9.17) is 11.6 Å². The maximum atomic E-state index is 6.42. The first kappa shape index (κ1) is 11.6. The zero-order valence-corrected chi connectivity index (χ0v) is 11.2. The van der Waals surface area contributed by atoms with Crippen molar-refractivity contribution in [2.75, 3.05) is 6.26 Å². The first-order valence-electron chi connectivity index (χ1n) is 5.42. The molecule has 0 aliphatic carbocycles. The number of nitrogens with zero attached hydrogens (tertiary/aromatic N) is 3. The molecule has 3 rings (SSSR count). The van der Waals surface area contributed by atoms with E-state index in [9.17, 15) is 0 Å². The molecular formula is C13H10ClN3S. The summed E-state index contributed by atoms with van der Waals surface area (Å²) in [4.78, 5) is 5.41. The van der Waals surface area contributed by atoms with Crippen LogP contribution in [0.1, 0.15) is 0 Å². The summed E-state index contributed by atoms with van der Waals surface area (Å²) in [5.41, 5.74) is 2.74. The Morgan fingerprint density at radius 3 is 2.94 bits per heavy atom. The fourth-order valence-corrected chi connectivity index (χ4v) is 2.86. The van der Waals surface area contributed by atoms with Gasteiger partial charge >= 0.3 is 0 Å². The Labute approximate surface area is 114 Å². The van der Waals surface area contributed by atoms with E-state index in [1.54, 1.807) is 28.7 Å². The summed E-state index contributed by atoms with van der Waals surface area (Å²) in [7, 11) is 0. The van der Waals surface area contributed by atoms with Crippen LogP contribution in [0.5, 0.6) is 0 Å². The summed E-state index contributed by atoms with van der Waals surface area (Å²) in [6.45, 7) is 0. The SMILES string of the molecule is CSc1cccc(-c2cnn3cccnc23)c1Cl. The average molecular weight is 276 g/mol. The molecule has 3 nitrogen and oxygen atoms in total. The lowest BCUT2D eigenvalue weighted by Gasteiger charge is -2.06. The van der Waals surface area contributed by atoms with Crippen molar-refractivity contribution in [3.05, 3.63) is 47.9 Å². The number of fused-ring (bicyclic) bond motifs is 1. The number of rotatable bonds is 2. The Morgan fingerprint density at radius 2 is 2.11 bits per heavy atom. The molecule has 0 saturated heterocycles. The van der Waals surface area contributed by atoms with Gasteiger partial charge in [-0.3, -0.25) is 0 Å². The summed E-state index contributed by atoms with van der Waals surface area (Å²) in [6, 6.07) is 7.85. The molecule has 18 heavy (non-hydrogen) atoms. The molecule has 0 radical (unpaired) electrons. The smallest absolute Gasteiger partial charge is 0.162 e. The van der Waals surface area contributed by atoms with Gasteiger partial charge in [0.2, 0.25) is 0 Å². The third kappa shape index (κ3) is 1.78. The van der Waals surface area contributed by atoms with Crippen molar-refractivity contribution in [3.8, 4) is 11.1 Å². The molecule has 2 heterocycles. The van der Waals surface area contributed by atoms with Crippen molar-refractivity contribution in [3.63, 3.8) is 0 Å². The van der Waals surface area contributed by atoms with Crippen molar-refractivity contribution in [1.29, 1.82) is 0 Å². The number of aromatic nitrogens is 3. The molecule has 0 amide bonds. The van der Waals surface area contributed by atoms with E-state index in [0.717, 1.165) is 26.7 Å². The Bertz CT molecular complexity index is 708. The highest BCUT2D eigenvalue weighted by Gasteiger charge is 2.12. The second-order valence-corrected chi connectivity index (χ2v) is 4.99. The van der Waals surface area contributed by atoms with Crippen LogP contribution in [0.25, 0.3) is 16.8 Å². The monoisotopic (exact) mass is 275 g/mol. The number of thioether (sulfide) groups is 1. The lowest BCUT2D eigenvalue weighted by molar-refractivity contribution is 0.939. The molecule has 3 aromatic rings. The first-order chi connectivity index (χ1) is 8.81. The normalized spacial score (nSPS) is 11.0. The van der Waals surface area contributed by atoms with Gasteiger partial charge in [0.1, 0.15) is 0 Å². The molecule has 0 unspecified atom stereocenters. The van der Waals surface area contributed by atoms with E-state index in [-0.39, 0.29) is 0 Å². The summed E-state index contributed by atoms with van der Waals surface area (Å²) < 4.78 is 1.75. The molecule has 1 aromatic carbocycles. The van der Waals surface area contributed by atoms with E-state index in [0.29, 0.717) is 0 Å². The molecule has 0 fully saturated rings. The van der Waals surface area contributed by atoms with Gasteiger partial charge in [-0.15, -0.1) is 11.8 Å². The Kier molecular flexibility index (Phi) is 2.97. The van der Waals surface area contributed by atoms with Crippen molar-refractivity contribution < 1.29 is 0 Å². The molecule has 0 aliphatic rings. The van der Waals surface area contributed by atoms with E-state index in [1.807, 2.05) is 36.7 Å². The maximum Gasteiger partial charge on any atom is 0.162 e. The molecule has 0 saturated carbocycles. The molecule has 0 N–H and O–H groups in total. The molecule has 0 aliphatic heterocycles. The minimum Gasteiger partial charge on any atom is -0.236 e. The van der Waals surface area contributed by atoms with Crippen LogP contribution < -0.4 is 0 Å². The lowest BCUT2D eigenvalue weighted by atomic mass is 10.1. The third-order valence-corrected chi connectivity index (χ3v) is 4.05. The number of benzene rings is 1. The van der Waals surface area contributed by atoms with Gasteiger partial charge in [0, 0.05) is 28.4 Å². The van der Waals surface area contributed by atoms with Crippen LogP contribution >= 0.6 is 23.4 Å². The van der Waals surface area contributed by atoms with Crippen LogP contribution in [0.15, 0.2) is 47.8 Å². The standard InChI is InChI=1S/C13H10ClN3S/c1-18-11-5-2-4-9(12(11)14)10-8-16-17-7-3-6-15-13(10)17/h2-8H,1H3. The Hall–Kier alpha value is -1.52. The highest BCUT2D eigenvalue weighted by atomic mass is 35.5. The predicted molar refractivity (Wildman–Crippen MR) is 75.2 cm³/mol. The summed E-state index contributed by atoms with van der Waals surface area (Å²) >= 11 is 8.05. The van der Waals surface area contributed by atoms with Crippen molar-refractivity contribution in [2.45, 2.75) is 4.90 Å². The lowest BCUT2D eigenvalue weighted by Crippen LogP contribution is -1.88. The largest absolute Gasteiger partial charge is 0.236 e.